The summed E-state index contributed by atoms with van der Waals surface area (Å²) in [5.74, 6) is -0.126. The first kappa shape index (κ1) is 30.7. The Morgan fingerprint density at radius 2 is 1.56 bits per heavy atom. The molecule has 41 heavy (non-hydrogen) atoms. The molecule has 4 rings (SSSR count). The monoisotopic (exact) mass is 616 g/mol. The summed E-state index contributed by atoms with van der Waals surface area (Å²) in [5.41, 5.74) is 3.70. The van der Waals surface area contributed by atoms with E-state index in [0.29, 0.717) is 28.5 Å². The lowest BCUT2D eigenvalue weighted by Gasteiger charge is -2.18. The molecule has 0 amide bonds. The second kappa shape index (κ2) is 11.5. The molecule has 218 valence electrons. The van der Waals surface area contributed by atoms with Gasteiger partial charge in [0.05, 0.1) is 27.0 Å². The molecule has 0 unspecified atom stereocenters. The molecule has 0 radical (unpaired) electrons. The molecule has 0 saturated carbocycles. The van der Waals surface area contributed by atoms with Gasteiger partial charge in [-0.15, -0.1) is 0 Å². The van der Waals surface area contributed by atoms with E-state index in [1.54, 1.807) is 6.07 Å². The molecule has 3 aromatic carbocycles. The van der Waals surface area contributed by atoms with Crippen LogP contribution in [0.1, 0.15) is 38.3 Å². The Morgan fingerprint density at radius 3 is 2.20 bits per heavy atom. The number of sulfonamides is 1. The average Bonchev–Trinajstić information content (AvgIpc) is 3.25. The third-order valence-corrected chi connectivity index (χ3v) is 9.96. The summed E-state index contributed by atoms with van der Waals surface area (Å²) in [4.78, 5) is 4.89. The predicted octanol–water partition coefficient (Wildman–Crippen LogP) is 7.25. The van der Waals surface area contributed by atoms with Gasteiger partial charge in [-0.25, -0.2) is 26.2 Å². The topological polar surface area (TPSA) is 102 Å². The summed E-state index contributed by atoms with van der Waals surface area (Å²) in [6.45, 7) is 10.6. The standard InChI is InChI=1S/C30H33FN2O5S3/c1-19-9-7-10-20(2)26(19)27-28(21-15-22(31)17-23(16-21)38-14-13-30(3,4)5)39-29(32-27)33-41(36,37)25-12-8-11-24(18-25)40(6,34)35/h7-12,15-18H,13-14H2,1-6H3,(H,32,33). The zero-order valence-electron chi connectivity index (χ0n) is 23.8. The third kappa shape index (κ3) is 7.52. The minimum atomic E-state index is -4.19. The van der Waals surface area contributed by atoms with Crippen LogP contribution in [0.15, 0.2) is 70.5 Å². The number of halogens is 1. The molecule has 0 aliphatic carbocycles. The second-order valence-electron chi connectivity index (χ2n) is 11.2. The van der Waals surface area contributed by atoms with Crippen molar-refractivity contribution >= 4 is 36.3 Å². The normalized spacial score (nSPS) is 12.4. The Hall–Kier alpha value is -3.28. The van der Waals surface area contributed by atoms with Crippen LogP contribution in [0, 0.1) is 25.1 Å². The van der Waals surface area contributed by atoms with Crippen molar-refractivity contribution in [3.05, 3.63) is 77.6 Å². The second-order valence-corrected chi connectivity index (χ2v) is 15.8. The number of sulfone groups is 1. The van der Waals surface area contributed by atoms with Crippen molar-refractivity contribution in [1.82, 2.24) is 4.98 Å². The van der Waals surface area contributed by atoms with Crippen molar-refractivity contribution in [2.24, 2.45) is 5.41 Å². The molecular formula is C30H33FN2O5S3. The first-order valence-corrected chi connectivity index (χ1v) is 17.1. The minimum absolute atomic E-state index is 0.0518. The van der Waals surface area contributed by atoms with E-state index >= 15 is 0 Å². The van der Waals surface area contributed by atoms with E-state index in [1.165, 1.54) is 30.3 Å². The van der Waals surface area contributed by atoms with Gasteiger partial charge in [-0.1, -0.05) is 56.4 Å². The highest BCUT2D eigenvalue weighted by molar-refractivity contribution is 7.93. The maximum Gasteiger partial charge on any atom is 0.263 e. The molecule has 0 saturated heterocycles. The molecule has 0 aliphatic rings. The Bertz CT molecular complexity index is 1790. The molecule has 0 spiro atoms. The first-order valence-electron chi connectivity index (χ1n) is 12.9. The first-order chi connectivity index (χ1) is 19.0. The van der Waals surface area contributed by atoms with E-state index in [4.69, 9.17) is 4.74 Å². The van der Waals surface area contributed by atoms with Crippen LogP contribution in [0.2, 0.25) is 0 Å². The Balaban J connectivity index is 1.80. The van der Waals surface area contributed by atoms with E-state index in [9.17, 15) is 21.2 Å². The van der Waals surface area contributed by atoms with Gasteiger partial charge in [0.25, 0.3) is 10.0 Å². The van der Waals surface area contributed by atoms with Gasteiger partial charge in [0.1, 0.15) is 11.6 Å². The van der Waals surface area contributed by atoms with Gasteiger partial charge in [-0.05, 0) is 67.1 Å². The van der Waals surface area contributed by atoms with Crippen molar-refractivity contribution in [2.45, 2.75) is 50.8 Å². The van der Waals surface area contributed by atoms with E-state index in [-0.39, 0.29) is 20.3 Å². The molecular weight excluding hydrogens is 584 g/mol. The fourth-order valence-electron chi connectivity index (χ4n) is 4.21. The SMILES string of the molecule is Cc1cccc(C)c1-c1nc(NS(=O)(=O)c2cccc(S(C)(=O)=O)c2)sc1-c1cc(F)cc(OCCC(C)(C)C)c1. The van der Waals surface area contributed by atoms with Crippen molar-refractivity contribution in [3.8, 4) is 27.4 Å². The number of benzene rings is 3. The van der Waals surface area contributed by atoms with Crippen molar-refractivity contribution in [2.75, 3.05) is 17.6 Å². The van der Waals surface area contributed by atoms with E-state index < -0.39 is 25.7 Å². The van der Waals surface area contributed by atoms with Gasteiger partial charge < -0.3 is 4.74 Å². The van der Waals surface area contributed by atoms with Crippen molar-refractivity contribution in [3.63, 3.8) is 0 Å². The van der Waals surface area contributed by atoms with Gasteiger partial charge >= 0.3 is 0 Å². The molecule has 0 bridgehead atoms. The number of nitrogens with one attached hydrogen (secondary N) is 1. The number of ether oxygens (including phenoxy) is 1. The highest BCUT2D eigenvalue weighted by Crippen LogP contribution is 2.43. The molecule has 0 atom stereocenters. The maximum absolute atomic E-state index is 14.8. The highest BCUT2D eigenvalue weighted by atomic mass is 32.2. The van der Waals surface area contributed by atoms with Crippen LogP contribution < -0.4 is 9.46 Å². The molecule has 4 aromatic rings. The summed E-state index contributed by atoms with van der Waals surface area (Å²) in [7, 11) is -7.81. The van der Waals surface area contributed by atoms with Crippen LogP contribution in [-0.4, -0.2) is 34.7 Å². The van der Waals surface area contributed by atoms with Gasteiger partial charge in [-0.3, -0.25) is 4.72 Å². The number of aromatic nitrogens is 1. The van der Waals surface area contributed by atoms with Gasteiger partial charge in [0, 0.05) is 23.4 Å². The number of anilines is 1. The number of thiazole rings is 1. The largest absolute Gasteiger partial charge is 0.493 e. The third-order valence-electron chi connectivity index (χ3n) is 6.36. The minimum Gasteiger partial charge on any atom is -0.493 e. The fourth-order valence-corrected chi connectivity index (χ4v) is 7.20. The summed E-state index contributed by atoms with van der Waals surface area (Å²) in [5, 5.41) is 0.0573. The molecule has 11 heteroatoms. The lowest BCUT2D eigenvalue weighted by atomic mass is 9.93. The molecule has 0 fully saturated rings. The number of hydrogen-bond acceptors (Lipinski definition) is 7. The lowest BCUT2D eigenvalue weighted by molar-refractivity contribution is 0.242. The van der Waals surface area contributed by atoms with Crippen LogP contribution in [0.25, 0.3) is 21.7 Å². The molecule has 1 aromatic heterocycles. The smallest absolute Gasteiger partial charge is 0.263 e. The summed E-state index contributed by atoms with van der Waals surface area (Å²) >= 11 is 1.06. The van der Waals surface area contributed by atoms with E-state index in [0.717, 1.165) is 46.8 Å². The fraction of sp³-hybridized carbons (Fsp3) is 0.300. The number of hydrogen-bond donors (Lipinski definition) is 1. The Kier molecular flexibility index (Phi) is 8.63. The molecule has 1 N–H and O–H groups in total. The van der Waals surface area contributed by atoms with Crippen LogP contribution in [-0.2, 0) is 19.9 Å². The van der Waals surface area contributed by atoms with Crippen LogP contribution in [0.4, 0.5) is 9.52 Å². The van der Waals surface area contributed by atoms with Crippen molar-refractivity contribution in [1.29, 1.82) is 0 Å². The number of rotatable bonds is 9. The van der Waals surface area contributed by atoms with Gasteiger partial charge in [0.2, 0.25) is 0 Å². The zero-order valence-corrected chi connectivity index (χ0v) is 26.2. The molecule has 1 heterocycles. The quantitative estimate of drug-likeness (QED) is 0.213. The Labute approximate surface area is 245 Å². The molecule has 7 nitrogen and oxygen atoms in total. The Morgan fingerprint density at radius 1 is 0.927 bits per heavy atom. The van der Waals surface area contributed by atoms with Crippen molar-refractivity contribution < 1.29 is 26.0 Å². The van der Waals surface area contributed by atoms with E-state index in [1.807, 2.05) is 32.0 Å². The van der Waals surface area contributed by atoms with Crippen LogP contribution >= 0.6 is 11.3 Å². The lowest BCUT2D eigenvalue weighted by Crippen LogP contribution is -2.13. The average molecular weight is 617 g/mol. The highest BCUT2D eigenvalue weighted by Gasteiger charge is 2.24. The summed E-state index contributed by atoms with van der Waals surface area (Å²) < 4.78 is 73.8. The molecule has 0 aliphatic heterocycles. The van der Waals surface area contributed by atoms with E-state index in [2.05, 4.69) is 30.5 Å². The number of nitrogens with zero attached hydrogens (tertiary/aromatic N) is 1. The zero-order chi connectivity index (χ0) is 30.2. The maximum atomic E-state index is 14.8. The van der Waals surface area contributed by atoms with Gasteiger partial charge in [0.15, 0.2) is 15.0 Å². The summed E-state index contributed by atoms with van der Waals surface area (Å²) in [6.07, 6.45) is 1.79. The summed E-state index contributed by atoms with van der Waals surface area (Å²) in [6, 6.07) is 15.3. The van der Waals surface area contributed by atoms with Gasteiger partial charge in [-0.2, -0.15) is 0 Å². The van der Waals surface area contributed by atoms with Crippen LogP contribution in [0.3, 0.4) is 0 Å². The number of aryl methyl sites for hydroxylation is 2. The predicted molar refractivity (Wildman–Crippen MR) is 162 cm³/mol. The van der Waals surface area contributed by atoms with Crippen LogP contribution in [0.5, 0.6) is 5.75 Å².